The number of aliphatic hydroxyl groups is 1. The van der Waals surface area contributed by atoms with Crippen molar-refractivity contribution in [2.45, 2.75) is 26.4 Å². The number of hydrogen-bond donors (Lipinski definition) is 2. The Bertz CT molecular complexity index is 234. The van der Waals surface area contributed by atoms with E-state index >= 15 is 0 Å². The number of nitrogens with one attached hydrogen (secondary N) is 1. The molecule has 3 heteroatoms. The molecule has 0 saturated heterocycles. The summed E-state index contributed by atoms with van der Waals surface area (Å²) in [5, 5.41) is 14.1. The van der Waals surface area contributed by atoms with Crippen LogP contribution in [0.15, 0.2) is 11.4 Å². The van der Waals surface area contributed by atoms with Gasteiger partial charge in [-0.1, -0.05) is 0 Å². The normalized spacial score (nSPS) is 13.2. The van der Waals surface area contributed by atoms with E-state index in [-0.39, 0.29) is 12.6 Å². The molecule has 1 aromatic rings. The van der Waals surface area contributed by atoms with Crippen molar-refractivity contribution in [2.75, 3.05) is 6.61 Å². The molecule has 0 radical (unpaired) electrons. The van der Waals surface area contributed by atoms with Gasteiger partial charge >= 0.3 is 0 Å². The van der Waals surface area contributed by atoms with Crippen LogP contribution in [0.5, 0.6) is 0 Å². The number of hydrogen-bond acceptors (Lipinski definition) is 3. The topological polar surface area (TPSA) is 32.3 Å². The molecule has 0 aliphatic rings. The molecule has 0 aliphatic heterocycles. The molecular weight excluding hydrogens is 170 g/mol. The standard InChI is InChI=1S/C9H15NOS/c1-7-3-4-12-9(7)5-10-8(2)6-11/h3-4,8,10-11H,5-6H2,1-2H3/t8-/m0/s1. The van der Waals surface area contributed by atoms with Gasteiger partial charge < -0.3 is 10.4 Å². The van der Waals surface area contributed by atoms with Gasteiger partial charge in [0.15, 0.2) is 0 Å². The van der Waals surface area contributed by atoms with E-state index in [9.17, 15) is 0 Å². The van der Waals surface area contributed by atoms with Gasteiger partial charge in [0, 0.05) is 17.5 Å². The second-order valence-electron chi connectivity index (χ2n) is 2.99. The fourth-order valence-corrected chi connectivity index (χ4v) is 1.77. The molecule has 0 unspecified atom stereocenters. The monoisotopic (exact) mass is 185 g/mol. The van der Waals surface area contributed by atoms with Crippen LogP contribution in [0.4, 0.5) is 0 Å². The number of rotatable bonds is 4. The van der Waals surface area contributed by atoms with Crippen LogP contribution in [0.1, 0.15) is 17.4 Å². The van der Waals surface area contributed by atoms with Gasteiger partial charge in [-0.05, 0) is 30.9 Å². The van der Waals surface area contributed by atoms with Crippen LogP contribution in [0, 0.1) is 6.92 Å². The molecule has 2 nitrogen and oxygen atoms in total. The van der Waals surface area contributed by atoms with Gasteiger partial charge in [-0.2, -0.15) is 0 Å². The van der Waals surface area contributed by atoms with Crippen molar-refractivity contribution in [2.24, 2.45) is 0 Å². The number of aliphatic hydroxyl groups excluding tert-OH is 1. The predicted molar refractivity (Wildman–Crippen MR) is 52.4 cm³/mol. The van der Waals surface area contributed by atoms with Crippen LogP contribution in [-0.2, 0) is 6.54 Å². The van der Waals surface area contributed by atoms with Crippen molar-refractivity contribution in [3.05, 3.63) is 21.9 Å². The lowest BCUT2D eigenvalue weighted by Gasteiger charge is -2.09. The molecule has 2 N–H and O–H groups in total. The van der Waals surface area contributed by atoms with Crippen molar-refractivity contribution in [1.82, 2.24) is 5.32 Å². The molecule has 1 heterocycles. The summed E-state index contributed by atoms with van der Waals surface area (Å²) in [6.07, 6.45) is 0. The molecule has 0 saturated carbocycles. The minimum atomic E-state index is 0.187. The summed E-state index contributed by atoms with van der Waals surface area (Å²) in [5.41, 5.74) is 1.33. The van der Waals surface area contributed by atoms with E-state index in [1.54, 1.807) is 11.3 Å². The van der Waals surface area contributed by atoms with E-state index in [0.29, 0.717) is 0 Å². The van der Waals surface area contributed by atoms with Gasteiger partial charge in [-0.25, -0.2) is 0 Å². The minimum absolute atomic E-state index is 0.187. The Labute approximate surface area is 77.2 Å². The highest BCUT2D eigenvalue weighted by Crippen LogP contribution is 2.14. The molecule has 12 heavy (non-hydrogen) atoms. The Balaban J connectivity index is 2.38. The Morgan fingerprint density at radius 2 is 2.42 bits per heavy atom. The predicted octanol–water partition coefficient (Wildman–Crippen LogP) is 1.53. The third kappa shape index (κ3) is 2.59. The van der Waals surface area contributed by atoms with Crippen LogP contribution >= 0.6 is 11.3 Å². The van der Waals surface area contributed by atoms with Crippen molar-refractivity contribution < 1.29 is 5.11 Å². The Kier molecular flexibility index (Phi) is 3.72. The molecule has 0 aliphatic carbocycles. The Hall–Kier alpha value is -0.380. The Morgan fingerprint density at radius 1 is 1.67 bits per heavy atom. The fraction of sp³-hybridized carbons (Fsp3) is 0.556. The second-order valence-corrected chi connectivity index (χ2v) is 3.99. The second kappa shape index (κ2) is 4.60. The van der Waals surface area contributed by atoms with E-state index in [0.717, 1.165) is 6.54 Å². The van der Waals surface area contributed by atoms with Crippen molar-refractivity contribution in [3.8, 4) is 0 Å². The summed E-state index contributed by atoms with van der Waals surface area (Å²) >= 11 is 1.76. The summed E-state index contributed by atoms with van der Waals surface area (Å²) in [7, 11) is 0. The molecule has 0 amide bonds. The Morgan fingerprint density at radius 3 is 2.92 bits per heavy atom. The average Bonchev–Trinajstić information content (AvgIpc) is 2.47. The highest BCUT2D eigenvalue weighted by atomic mass is 32.1. The van der Waals surface area contributed by atoms with E-state index in [4.69, 9.17) is 5.11 Å². The van der Waals surface area contributed by atoms with Gasteiger partial charge in [-0.15, -0.1) is 11.3 Å². The number of thiophene rings is 1. The first-order valence-corrected chi connectivity index (χ1v) is 4.99. The lowest BCUT2D eigenvalue weighted by Crippen LogP contribution is -2.28. The van der Waals surface area contributed by atoms with E-state index in [1.807, 2.05) is 6.92 Å². The third-order valence-electron chi connectivity index (χ3n) is 1.85. The number of aryl methyl sites for hydroxylation is 1. The molecule has 0 spiro atoms. The minimum Gasteiger partial charge on any atom is -0.395 e. The SMILES string of the molecule is Cc1ccsc1CN[C@@H](C)CO. The lowest BCUT2D eigenvalue weighted by atomic mass is 10.3. The highest BCUT2D eigenvalue weighted by Gasteiger charge is 2.01. The van der Waals surface area contributed by atoms with Crippen LogP contribution in [0.3, 0.4) is 0 Å². The zero-order valence-corrected chi connectivity index (χ0v) is 8.32. The first kappa shape index (κ1) is 9.71. The maximum Gasteiger partial charge on any atom is 0.0582 e. The molecule has 0 aromatic carbocycles. The first-order chi connectivity index (χ1) is 5.74. The smallest absolute Gasteiger partial charge is 0.0582 e. The van der Waals surface area contributed by atoms with Crippen molar-refractivity contribution in [3.63, 3.8) is 0 Å². The molecule has 68 valence electrons. The van der Waals surface area contributed by atoms with Gasteiger partial charge in [-0.3, -0.25) is 0 Å². The van der Waals surface area contributed by atoms with E-state index in [1.165, 1.54) is 10.4 Å². The van der Waals surface area contributed by atoms with Crippen molar-refractivity contribution >= 4 is 11.3 Å². The first-order valence-electron chi connectivity index (χ1n) is 4.11. The van der Waals surface area contributed by atoms with Gasteiger partial charge in [0.1, 0.15) is 0 Å². The molecule has 1 rings (SSSR count). The van der Waals surface area contributed by atoms with E-state index in [2.05, 4.69) is 23.7 Å². The van der Waals surface area contributed by atoms with Crippen LogP contribution < -0.4 is 5.32 Å². The molecule has 1 atom stereocenters. The van der Waals surface area contributed by atoms with Crippen molar-refractivity contribution in [1.29, 1.82) is 0 Å². The van der Waals surface area contributed by atoms with Crippen LogP contribution in [0.25, 0.3) is 0 Å². The molecule has 0 bridgehead atoms. The average molecular weight is 185 g/mol. The summed E-state index contributed by atoms with van der Waals surface area (Å²) in [5.74, 6) is 0. The maximum atomic E-state index is 8.77. The lowest BCUT2D eigenvalue weighted by molar-refractivity contribution is 0.251. The van der Waals surface area contributed by atoms with Gasteiger partial charge in [0.25, 0.3) is 0 Å². The van der Waals surface area contributed by atoms with Crippen LogP contribution in [0.2, 0.25) is 0 Å². The largest absolute Gasteiger partial charge is 0.395 e. The zero-order valence-electron chi connectivity index (χ0n) is 7.50. The summed E-state index contributed by atoms with van der Waals surface area (Å²) in [6, 6.07) is 2.30. The van der Waals surface area contributed by atoms with Gasteiger partial charge in [0.05, 0.1) is 6.61 Å². The summed E-state index contributed by atoms with van der Waals surface area (Å²) < 4.78 is 0. The molecule has 1 aromatic heterocycles. The summed E-state index contributed by atoms with van der Waals surface area (Å²) in [6.45, 7) is 5.15. The fourth-order valence-electron chi connectivity index (χ4n) is 0.917. The van der Waals surface area contributed by atoms with Gasteiger partial charge in [0.2, 0.25) is 0 Å². The highest BCUT2D eigenvalue weighted by molar-refractivity contribution is 7.10. The molecule has 0 fully saturated rings. The van der Waals surface area contributed by atoms with Crippen LogP contribution in [-0.4, -0.2) is 17.8 Å². The third-order valence-corrected chi connectivity index (χ3v) is 2.88. The maximum absolute atomic E-state index is 8.77. The zero-order chi connectivity index (χ0) is 8.97. The van der Waals surface area contributed by atoms with E-state index < -0.39 is 0 Å². The molecular formula is C9H15NOS. The quantitative estimate of drug-likeness (QED) is 0.745. The summed E-state index contributed by atoms with van der Waals surface area (Å²) in [4.78, 5) is 1.36.